The summed E-state index contributed by atoms with van der Waals surface area (Å²) in [5, 5.41) is 22.1. The summed E-state index contributed by atoms with van der Waals surface area (Å²) in [4.78, 5) is 34.7. The fourth-order valence-electron chi connectivity index (χ4n) is 6.34. The number of amides is 2. The number of aliphatic hydroxyl groups is 2. The summed E-state index contributed by atoms with van der Waals surface area (Å²) in [7, 11) is 0. The van der Waals surface area contributed by atoms with Crippen LogP contribution in [-0.2, 0) is 16.0 Å². The Hall–Kier alpha value is -1.51. The topological polar surface area (TPSA) is 94.0 Å². The highest BCUT2D eigenvalue weighted by Crippen LogP contribution is 2.62. The van der Waals surface area contributed by atoms with Crippen LogP contribution in [0.25, 0.3) is 0 Å². The predicted molar refractivity (Wildman–Crippen MR) is 119 cm³/mol. The minimum absolute atomic E-state index is 0.0251. The van der Waals surface area contributed by atoms with Gasteiger partial charge in [-0.15, -0.1) is 11.3 Å². The summed E-state index contributed by atoms with van der Waals surface area (Å²) in [6.07, 6.45) is 2.10. The summed E-state index contributed by atoms with van der Waals surface area (Å²) >= 11 is 1.68. The van der Waals surface area contributed by atoms with Crippen LogP contribution in [0.3, 0.4) is 0 Å². The zero-order valence-corrected chi connectivity index (χ0v) is 19.9. The van der Waals surface area contributed by atoms with Gasteiger partial charge in [0.25, 0.3) is 0 Å². The van der Waals surface area contributed by atoms with Crippen molar-refractivity contribution in [2.45, 2.75) is 65.4 Å². The molecule has 4 rings (SSSR count). The molecule has 7 nitrogen and oxygen atoms in total. The molecule has 1 aromatic rings. The van der Waals surface area contributed by atoms with E-state index in [2.05, 4.69) is 6.92 Å². The van der Waals surface area contributed by atoms with E-state index >= 15 is 0 Å². The van der Waals surface area contributed by atoms with Gasteiger partial charge in [-0.1, -0.05) is 13.8 Å². The van der Waals surface area contributed by atoms with Gasteiger partial charge in [0.1, 0.15) is 0 Å². The first-order valence-corrected chi connectivity index (χ1v) is 12.2. The summed E-state index contributed by atoms with van der Waals surface area (Å²) in [5.41, 5.74) is 0.256. The lowest BCUT2D eigenvalue weighted by Crippen LogP contribution is -2.58. The van der Waals surface area contributed by atoms with Crippen LogP contribution >= 0.6 is 11.3 Å². The third-order valence-corrected chi connectivity index (χ3v) is 9.47. The molecule has 0 bridgehead atoms. The summed E-state index contributed by atoms with van der Waals surface area (Å²) in [5.74, 6) is 0.237. The number of hydrogen-bond acceptors (Lipinski definition) is 6. The standard InChI is InChI=1S/C23H35N3O4S/c1-14-24-21-16(11-20(30)26-9-7-25(8-10-26)15(2)28)22(3)6-5-19(29)23(4,13-27)18(22)12-17(21)31-14/h16,18-19,27,29H,5-13H2,1-4H3. The van der Waals surface area contributed by atoms with Crippen molar-refractivity contribution in [3.63, 3.8) is 0 Å². The molecule has 8 heteroatoms. The lowest BCUT2D eigenvalue weighted by atomic mass is 9.47. The Kier molecular flexibility index (Phi) is 5.94. The first kappa shape index (κ1) is 22.7. The molecule has 2 aliphatic carbocycles. The van der Waals surface area contributed by atoms with Gasteiger partial charge in [-0.2, -0.15) is 0 Å². The van der Waals surface area contributed by atoms with Gasteiger partial charge < -0.3 is 20.0 Å². The monoisotopic (exact) mass is 449 g/mol. The fraction of sp³-hybridized carbons (Fsp3) is 0.783. The molecule has 0 radical (unpaired) electrons. The van der Waals surface area contributed by atoms with Gasteiger partial charge in [-0.25, -0.2) is 4.98 Å². The van der Waals surface area contributed by atoms with Gasteiger partial charge in [-0.05, 0) is 37.5 Å². The van der Waals surface area contributed by atoms with E-state index in [1.54, 1.807) is 23.2 Å². The van der Waals surface area contributed by atoms with Crippen LogP contribution in [0.2, 0.25) is 0 Å². The number of hydrogen-bond donors (Lipinski definition) is 2. The molecule has 2 N–H and O–H groups in total. The second kappa shape index (κ2) is 8.12. The number of aliphatic hydroxyl groups excluding tert-OH is 2. The van der Waals surface area contributed by atoms with E-state index < -0.39 is 11.5 Å². The first-order valence-electron chi connectivity index (χ1n) is 11.4. The molecule has 2 fully saturated rings. The van der Waals surface area contributed by atoms with E-state index in [1.165, 1.54) is 4.88 Å². The first-order chi connectivity index (χ1) is 14.6. The Bertz CT molecular complexity index is 865. The van der Waals surface area contributed by atoms with E-state index in [1.807, 2.05) is 18.7 Å². The fourth-order valence-corrected chi connectivity index (χ4v) is 7.39. The smallest absolute Gasteiger partial charge is 0.223 e. The van der Waals surface area contributed by atoms with Gasteiger partial charge in [0.15, 0.2) is 0 Å². The number of thiazole rings is 1. The molecular formula is C23H35N3O4S. The average Bonchev–Trinajstić information content (AvgIpc) is 3.12. The van der Waals surface area contributed by atoms with E-state index in [-0.39, 0.29) is 35.7 Å². The van der Waals surface area contributed by atoms with Crippen molar-refractivity contribution >= 4 is 23.2 Å². The third kappa shape index (κ3) is 3.70. The normalized spacial score (nSPS) is 35.5. The molecule has 31 heavy (non-hydrogen) atoms. The van der Waals surface area contributed by atoms with E-state index in [9.17, 15) is 19.8 Å². The summed E-state index contributed by atoms with van der Waals surface area (Å²) < 4.78 is 0. The third-order valence-electron chi connectivity index (χ3n) is 8.46. The van der Waals surface area contributed by atoms with E-state index in [4.69, 9.17) is 4.98 Å². The van der Waals surface area contributed by atoms with Crippen LogP contribution in [0.4, 0.5) is 0 Å². The molecule has 0 spiro atoms. The van der Waals surface area contributed by atoms with Gasteiger partial charge in [0.05, 0.1) is 23.4 Å². The highest BCUT2D eigenvalue weighted by atomic mass is 32.1. The molecule has 1 aromatic heterocycles. The number of carbonyl (C=O) groups is 2. The van der Waals surface area contributed by atoms with Crippen molar-refractivity contribution < 1.29 is 19.8 Å². The van der Waals surface area contributed by atoms with Crippen LogP contribution in [0.5, 0.6) is 0 Å². The highest BCUT2D eigenvalue weighted by molar-refractivity contribution is 7.11. The number of piperazine rings is 1. The van der Waals surface area contributed by atoms with Gasteiger partial charge in [0.2, 0.25) is 11.8 Å². The molecule has 3 aliphatic rings. The average molecular weight is 450 g/mol. The molecule has 2 heterocycles. The minimum Gasteiger partial charge on any atom is -0.396 e. The summed E-state index contributed by atoms with van der Waals surface area (Å²) in [6, 6.07) is 0. The SMILES string of the molecule is CC(=O)N1CCN(C(=O)CC2c3nc(C)sc3CC3C(C)(CO)C(O)CCC23C)CC1. The van der Waals surface area contributed by atoms with Crippen molar-refractivity contribution in [2.75, 3.05) is 32.8 Å². The molecule has 1 aliphatic heterocycles. The molecule has 0 aromatic carbocycles. The quantitative estimate of drug-likeness (QED) is 0.736. The Labute approximate surface area is 188 Å². The van der Waals surface area contributed by atoms with Crippen LogP contribution in [0.1, 0.15) is 61.5 Å². The number of fused-ring (bicyclic) bond motifs is 2. The zero-order chi connectivity index (χ0) is 22.6. The maximum atomic E-state index is 13.4. The molecule has 1 saturated carbocycles. The largest absolute Gasteiger partial charge is 0.396 e. The molecule has 5 unspecified atom stereocenters. The molecule has 5 atom stereocenters. The Morgan fingerprint density at radius 3 is 2.45 bits per heavy atom. The Balaban J connectivity index is 1.62. The molecule has 2 amide bonds. The number of rotatable bonds is 3. The maximum Gasteiger partial charge on any atom is 0.223 e. The number of carbonyl (C=O) groups excluding carboxylic acids is 2. The highest BCUT2D eigenvalue weighted by Gasteiger charge is 2.59. The minimum atomic E-state index is -0.586. The lowest BCUT2D eigenvalue weighted by Gasteiger charge is -2.58. The maximum absolute atomic E-state index is 13.4. The van der Waals surface area contributed by atoms with Crippen LogP contribution in [0, 0.1) is 23.7 Å². The number of aromatic nitrogens is 1. The Morgan fingerprint density at radius 1 is 1.19 bits per heavy atom. The van der Waals surface area contributed by atoms with Crippen molar-refractivity contribution in [2.24, 2.45) is 16.7 Å². The van der Waals surface area contributed by atoms with Crippen molar-refractivity contribution in [1.29, 1.82) is 0 Å². The van der Waals surface area contributed by atoms with Crippen molar-refractivity contribution in [1.82, 2.24) is 14.8 Å². The second-order valence-corrected chi connectivity index (χ2v) is 11.5. The van der Waals surface area contributed by atoms with Crippen molar-refractivity contribution in [3.05, 3.63) is 15.6 Å². The molecule has 1 saturated heterocycles. The summed E-state index contributed by atoms with van der Waals surface area (Å²) in [6.45, 7) is 10.1. The Morgan fingerprint density at radius 2 is 1.84 bits per heavy atom. The van der Waals surface area contributed by atoms with Crippen LogP contribution < -0.4 is 0 Å². The second-order valence-electron chi connectivity index (χ2n) is 10.2. The van der Waals surface area contributed by atoms with Gasteiger partial charge >= 0.3 is 0 Å². The number of aryl methyl sites for hydroxylation is 1. The lowest BCUT2D eigenvalue weighted by molar-refractivity contribution is -0.149. The van der Waals surface area contributed by atoms with Gasteiger partial charge in [-0.3, -0.25) is 9.59 Å². The van der Waals surface area contributed by atoms with E-state index in [0.29, 0.717) is 39.0 Å². The van der Waals surface area contributed by atoms with Crippen molar-refractivity contribution in [3.8, 4) is 0 Å². The van der Waals surface area contributed by atoms with Crippen LogP contribution in [0.15, 0.2) is 0 Å². The number of nitrogens with zero attached hydrogens (tertiary/aromatic N) is 3. The molecular weight excluding hydrogens is 414 g/mol. The molecule has 172 valence electrons. The zero-order valence-electron chi connectivity index (χ0n) is 19.1. The van der Waals surface area contributed by atoms with Crippen LogP contribution in [-0.4, -0.2) is 75.7 Å². The van der Waals surface area contributed by atoms with Gasteiger partial charge in [0, 0.05) is 55.7 Å². The predicted octanol–water partition coefficient (Wildman–Crippen LogP) is 1.95. The van der Waals surface area contributed by atoms with E-state index in [0.717, 1.165) is 23.5 Å².